The second-order valence-electron chi connectivity index (χ2n) is 9.14. The van der Waals surface area contributed by atoms with Crippen LogP contribution >= 0.6 is 0 Å². The quantitative estimate of drug-likeness (QED) is 0.125. The number of rotatable bonds is 23. The lowest BCUT2D eigenvalue weighted by Gasteiger charge is -2.26. The van der Waals surface area contributed by atoms with Crippen LogP contribution in [0.15, 0.2) is 0 Å². The number of ether oxygens (including phenoxy) is 2. The normalized spacial score (nSPS) is 14.1. The predicted octanol–water partition coefficient (Wildman–Crippen LogP) is 2.14. The number of aliphatic hydroxyl groups excluding tert-OH is 3. The van der Waals surface area contributed by atoms with Crippen molar-refractivity contribution in [3.05, 3.63) is 0 Å². The molecule has 34 heavy (non-hydrogen) atoms. The van der Waals surface area contributed by atoms with Gasteiger partial charge in [-0.25, -0.2) is 0 Å². The standard InChI is InChI=1S/C25H50N2O7/c1-3-4-5-6-7-8-9-10-11-15-24(31)34-20-22(30)18-27(17-21(29)19-28)16-13-12-14-23(26)25(32)33-2/h21-23,28-30H,3-20,26H2,1-2H3. The van der Waals surface area contributed by atoms with E-state index < -0.39 is 24.2 Å². The Hall–Kier alpha value is -1.26. The Morgan fingerprint density at radius 3 is 2.06 bits per heavy atom. The summed E-state index contributed by atoms with van der Waals surface area (Å²) in [5, 5.41) is 29.2. The summed E-state index contributed by atoms with van der Waals surface area (Å²) < 4.78 is 9.81. The van der Waals surface area contributed by atoms with Gasteiger partial charge in [0.2, 0.25) is 0 Å². The highest BCUT2D eigenvalue weighted by molar-refractivity contribution is 5.75. The van der Waals surface area contributed by atoms with Crippen LogP contribution in [-0.4, -0.2) is 90.4 Å². The van der Waals surface area contributed by atoms with E-state index in [1.54, 1.807) is 0 Å². The maximum Gasteiger partial charge on any atom is 0.322 e. The van der Waals surface area contributed by atoms with Crippen molar-refractivity contribution in [1.82, 2.24) is 4.90 Å². The van der Waals surface area contributed by atoms with Crippen LogP contribution in [0.5, 0.6) is 0 Å². The van der Waals surface area contributed by atoms with Gasteiger partial charge in [-0.05, 0) is 25.8 Å². The molecule has 3 unspecified atom stereocenters. The molecule has 5 N–H and O–H groups in total. The average molecular weight is 491 g/mol. The predicted molar refractivity (Wildman–Crippen MR) is 132 cm³/mol. The molecule has 0 saturated heterocycles. The smallest absolute Gasteiger partial charge is 0.322 e. The molecule has 0 aromatic carbocycles. The molecule has 0 rings (SSSR count). The topological polar surface area (TPSA) is 143 Å². The molecular formula is C25H50N2O7. The zero-order valence-electron chi connectivity index (χ0n) is 21.5. The first kappa shape index (κ1) is 32.7. The first-order valence-corrected chi connectivity index (χ1v) is 13.0. The van der Waals surface area contributed by atoms with Crippen molar-refractivity contribution < 1.29 is 34.4 Å². The lowest BCUT2D eigenvalue weighted by molar-refractivity contribution is -0.147. The maximum atomic E-state index is 11.9. The van der Waals surface area contributed by atoms with Crippen LogP contribution in [0.2, 0.25) is 0 Å². The highest BCUT2D eigenvalue weighted by Gasteiger charge is 2.18. The van der Waals surface area contributed by atoms with Gasteiger partial charge in [0, 0.05) is 19.5 Å². The Balaban J connectivity index is 4.08. The summed E-state index contributed by atoms with van der Waals surface area (Å²) in [5.74, 6) is -0.757. The summed E-state index contributed by atoms with van der Waals surface area (Å²) in [4.78, 5) is 25.1. The second kappa shape index (κ2) is 22.2. The van der Waals surface area contributed by atoms with Gasteiger partial charge >= 0.3 is 11.9 Å². The molecular weight excluding hydrogens is 440 g/mol. The first-order valence-electron chi connectivity index (χ1n) is 13.0. The van der Waals surface area contributed by atoms with E-state index in [2.05, 4.69) is 11.7 Å². The molecule has 9 heteroatoms. The lowest BCUT2D eigenvalue weighted by Crippen LogP contribution is -2.41. The fourth-order valence-corrected chi connectivity index (χ4v) is 3.77. The average Bonchev–Trinajstić information content (AvgIpc) is 2.83. The number of methoxy groups -OCH3 is 1. The monoisotopic (exact) mass is 490 g/mol. The van der Waals surface area contributed by atoms with Crippen molar-refractivity contribution in [1.29, 1.82) is 0 Å². The Bertz CT molecular complexity index is 508. The van der Waals surface area contributed by atoms with E-state index in [0.29, 0.717) is 32.2 Å². The zero-order chi connectivity index (χ0) is 25.6. The van der Waals surface area contributed by atoms with E-state index in [0.717, 1.165) is 19.3 Å². The van der Waals surface area contributed by atoms with Crippen LogP contribution < -0.4 is 5.73 Å². The largest absolute Gasteiger partial charge is 0.468 e. The number of hydrogen-bond acceptors (Lipinski definition) is 9. The summed E-state index contributed by atoms with van der Waals surface area (Å²) in [6, 6.07) is -0.669. The van der Waals surface area contributed by atoms with Gasteiger partial charge in [-0.2, -0.15) is 0 Å². The van der Waals surface area contributed by atoms with E-state index in [4.69, 9.17) is 15.6 Å². The van der Waals surface area contributed by atoms with Crippen LogP contribution in [0.25, 0.3) is 0 Å². The molecule has 0 aliphatic carbocycles. The Labute approximate surface area is 206 Å². The zero-order valence-corrected chi connectivity index (χ0v) is 21.5. The molecule has 0 heterocycles. The molecule has 0 radical (unpaired) electrons. The number of carbonyl (C=O) groups excluding carboxylic acids is 2. The number of hydrogen-bond donors (Lipinski definition) is 4. The number of carbonyl (C=O) groups is 2. The van der Waals surface area contributed by atoms with Crippen LogP contribution in [0.4, 0.5) is 0 Å². The molecule has 0 aliphatic heterocycles. The number of unbranched alkanes of at least 4 members (excludes halogenated alkanes) is 9. The van der Waals surface area contributed by atoms with Gasteiger partial charge in [0.25, 0.3) is 0 Å². The third-order valence-electron chi connectivity index (χ3n) is 5.81. The minimum atomic E-state index is -0.932. The third kappa shape index (κ3) is 19.1. The lowest BCUT2D eigenvalue weighted by atomic mass is 10.1. The van der Waals surface area contributed by atoms with Crippen molar-refractivity contribution in [3.63, 3.8) is 0 Å². The number of aliphatic hydroxyl groups is 3. The highest BCUT2D eigenvalue weighted by Crippen LogP contribution is 2.11. The minimum absolute atomic E-state index is 0.102. The van der Waals surface area contributed by atoms with Crippen molar-refractivity contribution in [3.8, 4) is 0 Å². The first-order chi connectivity index (χ1) is 16.3. The molecule has 0 saturated carbocycles. The molecule has 202 valence electrons. The molecule has 0 aromatic heterocycles. The second-order valence-corrected chi connectivity index (χ2v) is 9.14. The summed E-state index contributed by atoms with van der Waals surface area (Å²) in [6.07, 6.45) is 11.0. The van der Waals surface area contributed by atoms with Crippen molar-refractivity contribution in [2.45, 2.75) is 109 Å². The molecule has 3 atom stereocenters. The van der Waals surface area contributed by atoms with Crippen LogP contribution in [0.1, 0.15) is 90.4 Å². The van der Waals surface area contributed by atoms with E-state index in [1.165, 1.54) is 45.6 Å². The molecule has 0 aliphatic rings. The maximum absolute atomic E-state index is 11.9. The van der Waals surface area contributed by atoms with Gasteiger partial charge < -0.3 is 30.5 Å². The molecule has 9 nitrogen and oxygen atoms in total. The van der Waals surface area contributed by atoms with E-state index in [1.807, 2.05) is 4.90 Å². The number of esters is 2. The molecule has 0 amide bonds. The van der Waals surface area contributed by atoms with E-state index >= 15 is 0 Å². The fraction of sp³-hybridized carbons (Fsp3) is 0.920. The summed E-state index contributed by atoms with van der Waals surface area (Å²) in [5.41, 5.74) is 5.73. The summed E-state index contributed by atoms with van der Waals surface area (Å²) in [7, 11) is 1.30. The van der Waals surface area contributed by atoms with Crippen molar-refractivity contribution in [2.24, 2.45) is 5.73 Å². The van der Waals surface area contributed by atoms with E-state index in [-0.39, 0.29) is 32.3 Å². The van der Waals surface area contributed by atoms with Crippen molar-refractivity contribution >= 4 is 11.9 Å². The fourth-order valence-electron chi connectivity index (χ4n) is 3.77. The Morgan fingerprint density at radius 2 is 1.47 bits per heavy atom. The molecule has 0 bridgehead atoms. The summed E-state index contributed by atoms with van der Waals surface area (Å²) >= 11 is 0. The van der Waals surface area contributed by atoms with Gasteiger partial charge in [0.1, 0.15) is 18.8 Å². The van der Waals surface area contributed by atoms with E-state index in [9.17, 15) is 19.8 Å². The van der Waals surface area contributed by atoms with Crippen LogP contribution in [-0.2, 0) is 19.1 Å². The SMILES string of the molecule is CCCCCCCCCCCC(=O)OCC(O)CN(CCCCC(N)C(=O)OC)CC(O)CO. The Kier molecular flexibility index (Phi) is 21.4. The van der Waals surface area contributed by atoms with Gasteiger partial charge in [-0.3, -0.25) is 14.5 Å². The number of nitrogens with two attached hydrogens (primary N) is 1. The summed E-state index contributed by atoms with van der Waals surface area (Å²) in [6.45, 7) is 2.65. The van der Waals surface area contributed by atoms with Gasteiger partial charge in [0.15, 0.2) is 0 Å². The van der Waals surface area contributed by atoms with Gasteiger partial charge in [-0.1, -0.05) is 64.7 Å². The van der Waals surface area contributed by atoms with Crippen LogP contribution in [0, 0.1) is 0 Å². The molecule has 0 spiro atoms. The third-order valence-corrected chi connectivity index (χ3v) is 5.81. The minimum Gasteiger partial charge on any atom is -0.468 e. The van der Waals surface area contributed by atoms with Crippen molar-refractivity contribution in [2.75, 3.05) is 40.0 Å². The van der Waals surface area contributed by atoms with Crippen LogP contribution in [0.3, 0.4) is 0 Å². The van der Waals surface area contributed by atoms with Gasteiger partial charge in [-0.15, -0.1) is 0 Å². The highest BCUT2D eigenvalue weighted by atomic mass is 16.5. The molecule has 0 fully saturated rings. The van der Waals surface area contributed by atoms with Gasteiger partial charge in [0.05, 0.1) is 19.8 Å². The molecule has 0 aromatic rings. The number of nitrogens with zero attached hydrogens (tertiary/aromatic N) is 1. The Morgan fingerprint density at radius 1 is 0.882 bits per heavy atom.